The molecule has 0 bridgehead atoms. The Morgan fingerprint density at radius 1 is 0.860 bits per heavy atom. The Labute approximate surface area is 246 Å². The highest BCUT2D eigenvalue weighted by atomic mass is 16.7. The molecule has 5 unspecified atom stereocenters. The van der Waals surface area contributed by atoms with Crippen molar-refractivity contribution in [2.75, 3.05) is 13.7 Å². The molecule has 0 radical (unpaired) electrons. The van der Waals surface area contributed by atoms with Crippen LogP contribution in [0, 0.1) is 5.92 Å². The van der Waals surface area contributed by atoms with Crippen LogP contribution in [0.1, 0.15) is 42.3 Å². The summed E-state index contributed by atoms with van der Waals surface area (Å²) in [6.45, 7) is 2.73. The number of carbonyl (C=O) groups excluding carboxylic acids is 1. The van der Waals surface area contributed by atoms with Gasteiger partial charge in [-0.3, -0.25) is 4.79 Å². The van der Waals surface area contributed by atoms with Gasteiger partial charge in [0, 0.05) is 18.1 Å². The lowest BCUT2D eigenvalue weighted by molar-refractivity contribution is -0.314. The van der Waals surface area contributed by atoms with E-state index in [4.69, 9.17) is 28.4 Å². The van der Waals surface area contributed by atoms with Crippen LogP contribution in [0.2, 0.25) is 0 Å². The molecule has 0 amide bonds. The molecule has 0 aromatic heterocycles. The number of fused-ring (bicyclic) bond motifs is 1. The number of ketones is 1. The van der Waals surface area contributed by atoms with Crippen molar-refractivity contribution < 1.29 is 69.0 Å². The van der Waals surface area contributed by atoms with E-state index >= 15 is 0 Å². The van der Waals surface area contributed by atoms with Crippen LogP contribution < -0.4 is 14.2 Å². The topological polar surface area (TPSA) is 214 Å². The third-order valence-corrected chi connectivity index (χ3v) is 8.08. The SMILES string of the molecule is COc1ccc(C2CC(=O)c3c(O)cc(O[C@@H]4OC(CO[C@@H]5O[C@@H](C)[C@H](O)C(O)C5O)[C@@H](O)[C@H](C)C4O)cc3O2)cc1O. The Hall–Kier alpha value is -3.21. The summed E-state index contributed by atoms with van der Waals surface area (Å²) in [6, 6.07) is 7.14. The van der Waals surface area contributed by atoms with Gasteiger partial charge in [0.15, 0.2) is 23.6 Å². The lowest BCUT2D eigenvalue weighted by atomic mass is 9.91. The third-order valence-electron chi connectivity index (χ3n) is 8.08. The molecule has 14 nitrogen and oxygen atoms in total. The van der Waals surface area contributed by atoms with Gasteiger partial charge in [-0.15, -0.1) is 0 Å². The molecule has 14 heteroatoms. The number of phenolic OH excluding ortho intramolecular Hbond substituents is 2. The molecule has 2 aromatic carbocycles. The normalized spacial score (nSPS) is 36.0. The highest BCUT2D eigenvalue weighted by Crippen LogP contribution is 2.43. The van der Waals surface area contributed by atoms with E-state index in [1.54, 1.807) is 13.0 Å². The molecule has 236 valence electrons. The summed E-state index contributed by atoms with van der Waals surface area (Å²) >= 11 is 0. The first-order chi connectivity index (χ1) is 20.4. The second kappa shape index (κ2) is 12.4. The molecule has 2 aromatic rings. The smallest absolute Gasteiger partial charge is 0.226 e. The van der Waals surface area contributed by atoms with Crippen molar-refractivity contribution >= 4 is 5.78 Å². The monoisotopic (exact) mass is 608 g/mol. The number of rotatable bonds is 7. The van der Waals surface area contributed by atoms with E-state index in [9.17, 15) is 40.5 Å². The van der Waals surface area contributed by atoms with Crippen molar-refractivity contribution in [1.29, 1.82) is 0 Å². The van der Waals surface area contributed by atoms with Crippen molar-refractivity contribution in [3.63, 3.8) is 0 Å². The van der Waals surface area contributed by atoms with Gasteiger partial charge in [-0.1, -0.05) is 13.0 Å². The van der Waals surface area contributed by atoms with Gasteiger partial charge >= 0.3 is 0 Å². The first-order valence-electron chi connectivity index (χ1n) is 13.8. The van der Waals surface area contributed by atoms with Crippen molar-refractivity contribution in [3.05, 3.63) is 41.5 Å². The van der Waals surface area contributed by atoms with Crippen LogP contribution in [0.25, 0.3) is 0 Å². The van der Waals surface area contributed by atoms with Crippen molar-refractivity contribution in [1.82, 2.24) is 0 Å². The highest BCUT2D eigenvalue weighted by molar-refractivity contribution is 6.02. The summed E-state index contributed by atoms with van der Waals surface area (Å²) < 4.78 is 33.7. The van der Waals surface area contributed by atoms with Crippen molar-refractivity contribution in [2.24, 2.45) is 5.92 Å². The molecule has 3 aliphatic heterocycles. The lowest BCUT2D eigenvalue weighted by Gasteiger charge is -2.43. The first-order valence-corrected chi connectivity index (χ1v) is 13.8. The second-order valence-corrected chi connectivity index (χ2v) is 11.0. The summed E-state index contributed by atoms with van der Waals surface area (Å²) in [5.41, 5.74) is 0.456. The van der Waals surface area contributed by atoms with E-state index in [1.807, 2.05) is 0 Å². The van der Waals surface area contributed by atoms with Crippen LogP contribution in [0.4, 0.5) is 0 Å². The zero-order valence-electron chi connectivity index (χ0n) is 23.6. The van der Waals surface area contributed by atoms with Gasteiger partial charge in [-0.25, -0.2) is 0 Å². The van der Waals surface area contributed by atoms with Gasteiger partial charge in [0.25, 0.3) is 0 Å². The average Bonchev–Trinajstić information content (AvgIpc) is 2.97. The number of hydrogen-bond acceptors (Lipinski definition) is 14. The van der Waals surface area contributed by atoms with Crippen LogP contribution in [-0.4, -0.2) is 111 Å². The van der Waals surface area contributed by atoms with Gasteiger partial charge in [0.1, 0.15) is 59.4 Å². The molecular formula is C29H36O14. The molecule has 0 spiro atoms. The van der Waals surface area contributed by atoms with E-state index in [1.165, 1.54) is 38.3 Å². The fourth-order valence-electron chi connectivity index (χ4n) is 5.41. The number of aromatic hydroxyl groups is 2. The zero-order chi connectivity index (χ0) is 31.2. The fourth-order valence-corrected chi connectivity index (χ4v) is 5.41. The third kappa shape index (κ3) is 6.10. The quantitative estimate of drug-likeness (QED) is 0.222. The predicted molar refractivity (Wildman–Crippen MR) is 144 cm³/mol. The number of methoxy groups -OCH3 is 1. The standard InChI is InChI=1S/C29H36O14/c1-11-23(33)21(10-39-28-27(37)26(36)25(35)12(2)40-28)43-29(24(11)34)41-14-7-16(31)22-17(32)9-19(42-20(22)8-14)13-4-5-18(38-3)15(30)6-13/h4-8,11-12,19,21,23-31,33-37H,9-10H2,1-3H3/t11-,12-,19?,21?,23-,24?,25-,26?,27?,28+,29+/m0/s1. The van der Waals surface area contributed by atoms with Crippen LogP contribution in [0.15, 0.2) is 30.3 Å². The molecule has 3 aliphatic rings. The van der Waals surface area contributed by atoms with Gasteiger partial charge in [0.2, 0.25) is 6.29 Å². The maximum Gasteiger partial charge on any atom is 0.226 e. The van der Waals surface area contributed by atoms with Crippen LogP contribution in [0.3, 0.4) is 0 Å². The molecule has 2 saturated heterocycles. The van der Waals surface area contributed by atoms with Gasteiger partial charge in [-0.2, -0.15) is 0 Å². The van der Waals surface area contributed by atoms with Gasteiger partial charge in [0.05, 0.1) is 32.3 Å². The number of aliphatic hydroxyl groups excluding tert-OH is 5. The van der Waals surface area contributed by atoms with Gasteiger partial charge in [-0.05, 0) is 24.6 Å². The van der Waals surface area contributed by atoms with Crippen LogP contribution in [0.5, 0.6) is 28.7 Å². The Balaban J connectivity index is 1.30. The molecule has 2 fully saturated rings. The number of hydrogen-bond donors (Lipinski definition) is 7. The van der Waals surface area contributed by atoms with E-state index in [0.717, 1.165) is 0 Å². The number of aliphatic hydroxyl groups is 5. The lowest BCUT2D eigenvalue weighted by Crippen LogP contribution is -2.59. The minimum atomic E-state index is -1.56. The average molecular weight is 609 g/mol. The summed E-state index contributed by atoms with van der Waals surface area (Å²) in [7, 11) is 1.41. The fraction of sp³-hybridized carbons (Fsp3) is 0.552. The van der Waals surface area contributed by atoms with E-state index < -0.39 is 78.9 Å². The largest absolute Gasteiger partial charge is 0.507 e. The molecule has 7 N–H and O–H groups in total. The number of Topliss-reactive ketones (excluding diaryl/α,β-unsaturated/α-hetero) is 1. The highest BCUT2D eigenvalue weighted by Gasteiger charge is 2.46. The minimum absolute atomic E-state index is 0.00782. The predicted octanol–water partition coefficient (Wildman–Crippen LogP) is 0.119. The van der Waals surface area contributed by atoms with Gasteiger partial charge < -0.3 is 64.2 Å². The maximum absolute atomic E-state index is 12.9. The number of benzene rings is 2. The number of carbonyl (C=O) groups is 1. The second-order valence-electron chi connectivity index (χ2n) is 11.0. The number of ether oxygens (including phenoxy) is 6. The van der Waals surface area contributed by atoms with E-state index in [-0.39, 0.29) is 41.6 Å². The molecular weight excluding hydrogens is 572 g/mol. The Morgan fingerprint density at radius 3 is 2.30 bits per heavy atom. The Morgan fingerprint density at radius 2 is 1.60 bits per heavy atom. The molecule has 3 heterocycles. The zero-order valence-corrected chi connectivity index (χ0v) is 23.6. The Bertz CT molecular complexity index is 1320. The van der Waals surface area contributed by atoms with Crippen molar-refractivity contribution in [2.45, 2.75) is 81.7 Å². The molecule has 11 atom stereocenters. The molecule has 0 saturated carbocycles. The summed E-state index contributed by atoms with van der Waals surface area (Å²) in [6.07, 6.45) is -12.4. The van der Waals surface area contributed by atoms with Crippen LogP contribution >= 0.6 is 0 Å². The Kier molecular flexibility index (Phi) is 9.02. The maximum atomic E-state index is 12.9. The first kappa shape index (κ1) is 31.2. The summed E-state index contributed by atoms with van der Waals surface area (Å²) in [4.78, 5) is 12.9. The summed E-state index contributed by atoms with van der Waals surface area (Å²) in [5.74, 6) is -1.45. The molecule has 43 heavy (non-hydrogen) atoms. The van der Waals surface area contributed by atoms with E-state index in [2.05, 4.69) is 0 Å². The summed E-state index contributed by atoms with van der Waals surface area (Å²) in [5, 5.41) is 72.5. The van der Waals surface area contributed by atoms with E-state index in [0.29, 0.717) is 5.56 Å². The minimum Gasteiger partial charge on any atom is -0.507 e. The van der Waals surface area contributed by atoms with Crippen molar-refractivity contribution in [3.8, 4) is 28.7 Å². The molecule has 5 rings (SSSR count). The number of phenols is 2. The molecule has 0 aliphatic carbocycles. The van der Waals surface area contributed by atoms with Crippen LogP contribution in [-0.2, 0) is 14.2 Å².